The molecule has 0 atom stereocenters. The van der Waals surface area contributed by atoms with Gasteiger partial charge in [0.25, 0.3) is 5.91 Å². The van der Waals surface area contributed by atoms with Gasteiger partial charge < -0.3 is 4.98 Å². The molecule has 0 aliphatic carbocycles. The number of imide groups is 1. The van der Waals surface area contributed by atoms with Crippen molar-refractivity contribution in [3.05, 3.63) is 22.4 Å². The summed E-state index contributed by atoms with van der Waals surface area (Å²) in [5, 5.41) is 2.14. The lowest BCUT2D eigenvalue weighted by Gasteiger charge is -1.95. The van der Waals surface area contributed by atoms with Crippen molar-refractivity contribution in [2.24, 2.45) is 0 Å². The van der Waals surface area contributed by atoms with Crippen LogP contribution in [0.1, 0.15) is 17.4 Å². The molecular weight excluding hydrogens is 224 g/mol. The molecule has 0 fully saturated rings. The van der Waals surface area contributed by atoms with Gasteiger partial charge in [-0.05, 0) is 22.0 Å². The molecular formula is C7H7BrN2O2. The maximum Gasteiger partial charge on any atom is 0.274 e. The molecule has 2 amide bonds. The highest BCUT2D eigenvalue weighted by Gasteiger charge is 2.08. The number of aromatic nitrogens is 1. The Bertz CT molecular complexity index is 319. The molecule has 0 saturated heterocycles. The van der Waals surface area contributed by atoms with Crippen LogP contribution in [0.25, 0.3) is 0 Å². The zero-order valence-electron chi connectivity index (χ0n) is 6.35. The Balaban J connectivity index is 2.72. The molecule has 1 heterocycles. The number of carbonyl (C=O) groups is 2. The molecule has 12 heavy (non-hydrogen) atoms. The first-order valence-corrected chi connectivity index (χ1v) is 4.04. The molecule has 0 aliphatic rings. The van der Waals surface area contributed by atoms with Gasteiger partial charge in [-0.25, -0.2) is 0 Å². The maximum atomic E-state index is 11.1. The summed E-state index contributed by atoms with van der Waals surface area (Å²) in [7, 11) is 0. The van der Waals surface area contributed by atoms with Crippen LogP contribution in [0.3, 0.4) is 0 Å². The predicted molar refractivity (Wildman–Crippen MR) is 46.6 cm³/mol. The van der Waals surface area contributed by atoms with Gasteiger partial charge in [0.05, 0.1) is 0 Å². The first kappa shape index (κ1) is 8.99. The van der Waals surface area contributed by atoms with E-state index in [1.165, 1.54) is 6.92 Å². The molecule has 5 heteroatoms. The van der Waals surface area contributed by atoms with Gasteiger partial charge in [0.15, 0.2) is 0 Å². The molecule has 2 N–H and O–H groups in total. The Morgan fingerprint density at radius 1 is 1.58 bits per heavy atom. The lowest BCUT2D eigenvalue weighted by Crippen LogP contribution is -2.28. The molecule has 0 saturated carbocycles. The Kier molecular flexibility index (Phi) is 2.65. The van der Waals surface area contributed by atoms with E-state index in [1.54, 1.807) is 12.3 Å². The van der Waals surface area contributed by atoms with E-state index in [1.807, 2.05) is 0 Å². The van der Waals surface area contributed by atoms with Crippen LogP contribution >= 0.6 is 15.9 Å². The fraction of sp³-hybridized carbons (Fsp3) is 0.143. The summed E-state index contributed by atoms with van der Waals surface area (Å²) < 4.78 is 0.774. The highest BCUT2D eigenvalue weighted by Crippen LogP contribution is 2.09. The predicted octanol–water partition coefficient (Wildman–Crippen LogP) is 1.05. The number of hydrogen-bond donors (Lipinski definition) is 2. The van der Waals surface area contributed by atoms with Gasteiger partial charge in [-0.1, -0.05) is 0 Å². The summed E-state index contributed by atoms with van der Waals surface area (Å²) >= 11 is 3.17. The van der Waals surface area contributed by atoms with Crippen molar-refractivity contribution >= 4 is 27.7 Å². The van der Waals surface area contributed by atoms with Gasteiger partial charge in [-0.2, -0.15) is 0 Å². The molecule has 1 aromatic rings. The van der Waals surface area contributed by atoms with Crippen molar-refractivity contribution in [3.8, 4) is 0 Å². The van der Waals surface area contributed by atoms with Gasteiger partial charge in [0.2, 0.25) is 5.91 Å². The Morgan fingerprint density at radius 3 is 2.67 bits per heavy atom. The summed E-state index contributed by atoms with van der Waals surface area (Å²) in [4.78, 5) is 24.3. The molecule has 0 radical (unpaired) electrons. The monoisotopic (exact) mass is 230 g/mol. The second-order valence-electron chi connectivity index (χ2n) is 2.24. The zero-order valence-corrected chi connectivity index (χ0v) is 7.94. The maximum absolute atomic E-state index is 11.1. The fourth-order valence-electron chi connectivity index (χ4n) is 0.726. The second kappa shape index (κ2) is 3.53. The van der Waals surface area contributed by atoms with Gasteiger partial charge in [0, 0.05) is 17.6 Å². The molecule has 4 nitrogen and oxygen atoms in total. The number of aromatic amines is 1. The highest BCUT2D eigenvalue weighted by molar-refractivity contribution is 9.10. The fourth-order valence-corrected chi connectivity index (χ4v) is 1.07. The molecule has 0 aromatic carbocycles. The van der Waals surface area contributed by atoms with Crippen LogP contribution in [0.4, 0.5) is 0 Å². The largest absolute Gasteiger partial charge is 0.356 e. The van der Waals surface area contributed by atoms with Crippen molar-refractivity contribution in [1.29, 1.82) is 0 Å². The average Bonchev–Trinajstić information content (AvgIpc) is 2.34. The van der Waals surface area contributed by atoms with Crippen molar-refractivity contribution in [2.45, 2.75) is 6.92 Å². The average molecular weight is 231 g/mol. The van der Waals surface area contributed by atoms with E-state index in [9.17, 15) is 9.59 Å². The quantitative estimate of drug-likeness (QED) is 0.758. The van der Waals surface area contributed by atoms with Gasteiger partial charge in [0.1, 0.15) is 5.69 Å². The smallest absolute Gasteiger partial charge is 0.274 e. The Hall–Kier alpha value is -1.10. The standard InChI is InChI=1S/C7H7BrN2O2/c1-4(11)10-7(12)6-2-5(8)3-9-6/h2-3,9H,1H3,(H,10,11,12). The van der Waals surface area contributed by atoms with Crippen LogP contribution in [0.5, 0.6) is 0 Å². The summed E-state index contributed by atoms with van der Waals surface area (Å²) in [6, 6.07) is 1.60. The van der Waals surface area contributed by atoms with Crippen molar-refractivity contribution in [2.75, 3.05) is 0 Å². The Morgan fingerprint density at radius 2 is 2.25 bits per heavy atom. The van der Waals surface area contributed by atoms with Gasteiger partial charge >= 0.3 is 0 Å². The highest BCUT2D eigenvalue weighted by atomic mass is 79.9. The second-order valence-corrected chi connectivity index (χ2v) is 3.16. The molecule has 0 bridgehead atoms. The summed E-state index contributed by atoms with van der Waals surface area (Å²) in [5.41, 5.74) is 0.358. The van der Waals surface area contributed by atoms with Crippen LogP contribution in [-0.2, 0) is 4.79 Å². The number of halogens is 1. The number of rotatable bonds is 1. The van der Waals surface area contributed by atoms with E-state index < -0.39 is 5.91 Å². The van der Waals surface area contributed by atoms with E-state index in [-0.39, 0.29) is 5.91 Å². The normalized spacial score (nSPS) is 9.50. The molecule has 0 unspecified atom stereocenters. The Labute approximate surface area is 77.5 Å². The SMILES string of the molecule is CC(=O)NC(=O)c1cc(Br)c[nH]1. The van der Waals surface area contributed by atoms with Gasteiger partial charge in [-0.15, -0.1) is 0 Å². The number of H-pyrrole nitrogens is 1. The first-order valence-electron chi connectivity index (χ1n) is 3.25. The minimum atomic E-state index is -0.423. The van der Waals surface area contributed by atoms with Gasteiger partial charge in [-0.3, -0.25) is 14.9 Å². The van der Waals surface area contributed by atoms with E-state index in [0.29, 0.717) is 5.69 Å². The van der Waals surface area contributed by atoms with Crippen LogP contribution in [0.2, 0.25) is 0 Å². The zero-order chi connectivity index (χ0) is 9.14. The van der Waals surface area contributed by atoms with Crippen LogP contribution in [-0.4, -0.2) is 16.8 Å². The molecule has 1 aromatic heterocycles. The third-order valence-electron chi connectivity index (χ3n) is 1.18. The number of nitrogens with one attached hydrogen (secondary N) is 2. The number of carbonyl (C=O) groups excluding carboxylic acids is 2. The first-order chi connectivity index (χ1) is 5.59. The van der Waals surface area contributed by atoms with E-state index in [2.05, 4.69) is 26.2 Å². The topological polar surface area (TPSA) is 62.0 Å². The lowest BCUT2D eigenvalue weighted by atomic mass is 10.4. The van der Waals surface area contributed by atoms with Crippen molar-refractivity contribution in [3.63, 3.8) is 0 Å². The third-order valence-corrected chi connectivity index (χ3v) is 1.64. The number of amides is 2. The lowest BCUT2D eigenvalue weighted by molar-refractivity contribution is -0.118. The molecule has 1 rings (SSSR count). The van der Waals surface area contributed by atoms with Crippen molar-refractivity contribution in [1.82, 2.24) is 10.3 Å². The summed E-state index contributed by atoms with van der Waals surface area (Å²) in [6.07, 6.45) is 1.62. The molecule has 0 spiro atoms. The van der Waals surface area contributed by atoms with Crippen LogP contribution in [0.15, 0.2) is 16.7 Å². The molecule has 64 valence electrons. The van der Waals surface area contributed by atoms with Crippen LogP contribution in [0, 0.1) is 0 Å². The van der Waals surface area contributed by atoms with Crippen LogP contribution < -0.4 is 5.32 Å². The van der Waals surface area contributed by atoms with Crippen molar-refractivity contribution < 1.29 is 9.59 Å². The number of hydrogen-bond acceptors (Lipinski definition) is 2. The van der Waals surface area contributed by atoms with E-state index >= 15 is 0 Å². The third kappa shape index (κ3) is 2.20. The molecule has 0 aliphatic heterocycles. The summed E-state index contributed by atoms with van der Waals surface area (Å²) in [6.45, 7) is 1.29. The summed E-state index contributed by atoms with van der Waals surface area (Å²) in [5.74, 6) is -0.793. The van der Waals surface area contributed by atoms with E-state index in [4.69, 9.17) is 0 Å². The van der Waals surface area contributed by atoms with E-state index in [0.717, 1.165) is 4.47 Å². The minimum Gasteiger partial charge on any atom is -0.356 e. The minimum absolute atomic E-state index is 0.358.